The predicted octanol–water partition coefficient (Wildman–Crippen LogP) is 3.75. The van der Waals surface area contributed by atoms with E-state index in [-0.39, 0.29) is 18.2 Å². The fraction of sp³-hybridized carbons (Fsp3) is 0.650. The molecular formula is C20H32N2O3. The van der Waals surface area contributed by atoms with Gasteiger partial charge >= 0.3 is 6.09 Å². The Labute approximate surface area is 151 Å². The van der Waals surface area contributed by atoms with E-state index in [9.17, 15) is 4.79 Å². The van der Waals surface area contributed by atoms with Gasteiger partial charge in [0.15, 0.2) is 0 Å². The van der Waals surface area contributed by atoms with Gasteiger partial charge in [0.1, 0.15) is 5.60 Å². The highest BCUT2D eigenvalue weighted by Crippen LogP contribution is 2.21. The molecule has 140 valence electrons. The minimum atomic E-state index is -0.463. The van der Waals surface area contributed by atoms with Crippen molar-refractivity contribution < 1.29 is 14.3 Å². The minimum absolute atomic E-state index is 0.119. The summed E-state index contributed by atoms with van der Waals surface area (Å²) in [4.78, 5) is 14.4. The maximum absolute atomic E-state index is 12.5. The average Bonchev–Trinajstić information content (AvgIpc) is 2.58. The molecule has 0 saturated carbocycles. The molecule has 1 aliphatic rings. The molecule has 0 radical (unpaired) electrons. The summed E-state index contributed by atoms with van der Waals surface area (Å²) >= 11 is 0. The fourth-order valence-corrected chi connectivity index (χ4v) is 3.18. The van der Waals surface area contributed by atoms with E-state index in [2.05, 4.69) is 17.4 Å². The number of likely N-dealkylation sites (tertiary alicyclic amines) is 1. The average molecular weight is 348 g/mol. The molecule has 0 aliphatic carbocycles. The van der Waals surface area contributed by atoms with Crippen LogP contribution in [0.4, 0.5) is 4.79 Å². The summed E-state index contributed by atoms with van der Waals surface area (Å²) < 4.78 is 11.0. The molecule has 25 heavy (non-hydrogen) atoms. The second-order valence-electron chi connectivity index (χ2n) is 7.65. The van der Waals surface area contributed by atoms with Gasteiger partial charge in [0, 0.05) is 26.2 Å². The van der Waals surface area contributed by atoms with Gasteiger partial charge < -0.3 is 19.7 Å². The molecule has 1 aromatic rings. The molecule has 1 amide bonds. The standard InChI is InChI=1S/C20H32N2O3/c1-20(2,3)25-19(23)22-13-9-8-12-17(22)14-21-18(15-24-4)16-10-6-5-7-11-16/h5-7,10-11,17-18,21H,8-9,12-15H2,1-4H3. The zero-order valence-corrected chi connectivity index (χ0v) is 16.0. The van der Waals surface area contributed by atoms with Crippen LogP contribution >= 0.6 is 0 Å². The van der Waals surface area contributed by atoms with E-state index in [1.807, 2.05) is 43.9 Å². The number of rotatable bonds is 6. The van der Waals surface area contributed by atoms with Crippen molar-refractivity contribution in [2.45, 2.75) is 57.7 Å². The number of hydrogen-bond donors (Lipinski definition) is 1. The normalized spacial score (nSPS) is 19.5. The van der Waals surface area contributed by atoms with Gasteiger partial charge in [0.2, 0.25) is 0 Å². The van der Waals surface area contributed by atoms with Crippen molar-refractivity contribution in [2.24, 2.45) is 0 Å². The van der Waals surface area contributed by atoms with Crippen LogP contribution in [0.15, 0.2) is 30.3 Å². The molecule has 0 aromatic heterocycles. The SMILES string of the molecule is COCC(NCC1CCCCN1C(=O)OC(C)(C)C)c1ccccc1. The Morgan fingerprint density at radius 3 is 2.64 bits per heavy atom. The predicted molar refractivity (Wildman–Crippen MR) is 99.6 cm³/mol. The first-order valence-corrected chi connectivity index (χ1v) is 9.17. The Balaban J connectivity index is 1.98. The van der Waals surface area contributed by atoms with E-state index < -0.39 is 5.60 Å². The molecule has 1 aromatic carbocycles. The van der Waals surface area contributed by atoms with Crippen LogP contribution in [0.25, 0.3) is 0 Å². The van der Waals surface area contributed by atoms with Crippen molar-refractivity contribution in [1.82, 2.24) is 10.2 Å². The summed E-state index contributed by atoms with van der Waals surface area (Å²) in [7, 11) is 1.71. The molecule has 0 bridgehead atoms. The van der Waals surface area contributed by atoms with Gasteiger partial charge in [-0.05, 0) is 45.6 Å². The summed E-state index contributed by atoms with van der Waals surface area (Å²) in [5.41, 5.74) is 0.735. The van der Waals surface area contributed by atoms with Gasteiger partial charge in [0.25, 0.3) is 0 Å². The Morgan fingerprint density at radius 2 is 2.00 bits per heavy atom. The number of hydrogen-bond acceptors (Lipinski definition) is 4. The number of methoxy groups -OCH3 is 1. The zero-order chi connectivity index (χ0) is 18.3. The van der Waals surface area contributed by atoms with Crippen molar-refractivity contribution in [3.05, 3.63) is 35.9 Å². The highest BCUT2D eigenvalue weighted by molar-refractivity contribution is 5.68. The lowest BCUT2D eigenvalue weighted by Crippen LogP contribution is -2.50. The Bertz CT molecular complexity index is 527. The highest BCUT2D eigenvalue weighted by atomic mass is 16.6. The first-order chi connectivity index (χ1) is 11.9. The molecule has 1 aliphatic heterocycles. The largest absolute Gasteiger partial charge is 0.444 e. The molecule has 2 unspecified atom stereocenters. The fourth-order valence-electron chi connectivity index (χ4n) is 3.18. The van der Waals surface area contributed by atoms with Crippen LogP contribution < -0.4 is 5.32 Å². The summed E-state index contributed by atoms with van der Waals surface area (Å²) in [6.45, 7) is 7.83. The number of amides is 1. The van der Waals surface area contributed by atoms with E-state index >= 15 is 0 Å². The molecule has 1 saturated heterocycles. The van der Waals surface area contributed by atoms with Crippen molar-refractivity contribution >= 4 is 6.09 Å². The van der Waals surface area contributed by atoms with Crippen LogP contribution in [-0.4, -0.2) is 49.4 Å². The van der Waals surface area contributed by atoms with Crippen LogP contribution in [0.3, 0.4) is 0 Å². The van der Waals surface area contributed by atoms with Gasteiger partial charge in [-0.15, -0.1) is 0 Å². The topological polar surface area (TPSA) is 50.8 Å². The van der Waals surface area contributed by atoms with E-state index in [0.717, 1.165) is 32.4 Å². The summed E-state index contributed by atoms with van der Waals surface area (Å²) in [6.07, 6.45) is 2.98. The van der Waals surface area contributed by atoms with Gasteiger partial charge in [-0.3, -0.25) is 0 Å². The maximum atomic E-state index is 12.5. The lowest BCUT2D eigenvalue weighted by molar-refractivity contribution is 0.00932. The highest BCUT2D eigenvalue weighted by Gasteiger charge is 2.30. The summed E-state index contributed by atoms with van der Waals surface area (Å²) in [6, 6.07) is 10.6. The van der Waals surface area contributed by atoms with E-state index in [0.29, 0.717) is 6.61 Å². The van der Waals surface area contributed by atoms with Crippen LogP contribution in [-0.2, 0) is 9.47 Å². The monoisotopic (exact) mass is 348 g/mol. The smallest absolute Gasteiger partial charge is 0.410 e. The third kappa shape index (κ3) is 6.33. The molecule has 1 fully saturated rings. The molecule has 0 spiro atoms. The second-order valence-corrected chi connectivity index (χ2v) is 7.65. The summed E-state index contributed by atoms with van der Waals surface area (Å²) in [5.74, 6) is 0. The Kier molecular flexibility index (Phi) is 7.26. The Hall–Kier alpha value is -1.59. The first kappa shape index (κ1) is 19.7. The van der Waals surface area contributed by atoms with Gasteiger partial charge in [-0.25, -0.2) is 4.79 Å². The van der Waals surface area contributed by atoms with E-state index in [1.165, 1.54) is 5.56 Å². The lowest BCUT2D eigenvalue weighted by atomic mass is 10.0. The van der Waals surface area contributed by atoms with Gasteiger partial charge in [-0.2, -0.15) is 0 Å². The van der Waals surface area contributed by atoms with Crippen LogP contribution in [0, 0.1) is 0 Å². The molecular weight excluding hydrogens is 316 g/mol. The van der Waals surface area contributed by atoms with E-state index in [1.54, 1.807) is 7.11 Å². The Morgan fingerprint density at radius 1 is 1.28 bits per heavy atom. The third-order valence-electron chi connectivity index (χ3n) is 4.39. The zero-order valence-electron chi connectivity index (χ0n) is 16.0. The third-order valence-corrected chi connectivity index (χ3v) is 4.39. The van der Waals surface area contributed by atoms with Crippen LogP contribution in [0.5, 0.6) is 0 Å². The molecule has 1 N–H and O–H groups in total. The summed E-state index contributed by atoms with van der Waals surface area (Å²) in [5, 5.41) is 3.58. The van der Waals surface area contributed by atoms with Crippen molar-refractivity contribution in [3.8, 4) is 0 Å². The van der Waals surface area contributed by atoms with Crippen molar-refractivity contribution in [3.63, 3.8) is 0 Å². The lowest BCUT2D eigenvalue weighted by Gasteiger charge is -2.37. The van der Waals surface area contributed by atoms with Crippen molar-refractivity contribution in [2.75, 3.05) is 26.8 Å². The quantitative estimate of drug-likeness (QED) is 0.850. The number of benzene rings is 1. The molecule has 5 heteroatoms. The van der Waals surface area contributed by atoms with Gasteiger partial charge in [-0.1, -0.05) is 30.3 Å². The number of carbonyl (C=O) groups excluding carboxylic acids is 1. The van der Waals surface area contributed by atoms with Crippen LogP contribution in [0.2, 0.25) is 0 Å². The first-order valence-electron chi connectivity index (χ1n) is 9.17. The van der Waals surface area contributed by atoms with Gasteiger partial charge in [0.05, 0.1) is 12.6 Å². The van der Waals surface area contributed by atoms with Crippen molar-refractivity contribution in [1.29, 1.82) is 0 Å². The second kappa shape index (κ2) is 9.20. The van der Waals surface area contributed by atoms with E-state index in [4.69, 9.17) is 9.47 Å². The maximum Gasteiger partial charge on any atom is 0.410 e. The molecule has 5 nitrogen and oxygen atoms in total. The number of nitrogens with zero attached hydrogens (tertiary/aromatic N) is 1. The number of piperidine rings is 1. The molecule has 1 heterocycles. The minimum Gasteiger partial charge on any atom is -0.444 e. The number of ether oxygens (including phenoxy) is 2. The molecule has 2 atom stereocenters. The molecule has 2 rings (SSSR count). The number of carbonyl (C=O) groups is 1. The van der Waals surface area contributed by atoms with Crippen LogP contribution in [0.1, 0.15) is 51.6 Å². The number of nitrogens with one attached hydrogen (secondary N) is 1.